The standard InChI is InChI=1S/C10H12N4S/c1-3-10(11)15-9-6-7(2)4-5-8(9)13-14-12/h4-6,11H,3H2,1-2H3. The molecule has 0 atom stereocenters. The van der Waals surface area contributed by atoms with Crippen molar-refractivity contribution in [1.29, 1.82) is 5.41 Å². The maximum absolute atomic E-state index is 8.40. The summed E-state index contributed by atoms with van der Waals surface area (Å²) < 4.78 is 0. The lowest BCUT2D eigenvalue weighted by molar-refractivity contribution is 1.27. The van der Waals surface area contributed by atoms with Crippen molar-refractivity contribution < 1.29 is 0 Å². The van der Waals surface area contributed by atoms with Crippen LogP contribution in [0.1, 0.15) is 18.9 Å². The molecule has 15 heavy (non-hydrogen) atoms. The van der Waals surface area contributed by atoms with Crippen LogP contribution >= 0.6 is 11.8 Å². The Bertz CT molecular complexity index is 421. The van der Waals surface area contributed by atoms with Crippen LogP contribution in [0.5, 0.6) is 0 Å². The molecule has 0 radical (unpaired) electrons. The van der Waals surface area contributed by atoms with Crippen molar-refractivity contribution in [3.8, 4) is 0 Å². The third-order valence-corrected chi connectivity index (χ3v) is 2.90. The predicted molar refractivity (Wildman–Crippen MR) is 63.9 cm³/mol. The second-order valence-corrected chi connectivity index (χ2v) is 4.18. The Morgan fingerprint density at radius 1 is 1.60 bits per heavy atom. The summed E-state index contributed by atoms with van der Waals surface area (Å²) in [6, 6.07) is 5.60. The number of hydrogen-bond acceptors (Lipinski definition) is 3. The van der Waals surface area contributed by atoms with Gasteiger partial charge < -0.3 is 0 Å². The number of nitrogens with zero attached hydrogens (tertiary/aromatic N) is 3. The number of hydrogen-bond donors (Lipinski definition) is 1. The summed E-state index contributed by atoms with van der Waals surface area (Å²) in [5, 5.41) is 11.8. The molecule has 1 N–H and O–H groups in total. The van der Waals surface area contributed by atoms with E-state index in [2.05, 4.69) is 10.0 Å². The van der Waals surface area contributed by atoms with Crippen LogP contribution in [-0.4, -0.2) is 5.04 Å². The van der Waals surface area contributed by atoms with Gasteiger partial charge >= 0.3 is 0 Å². The van der Waals surface area contributed by atoms with Crippen LogP contribution in [0.4, 0.5) is 5.69 Å². The molecule has 1 rings (SSSR count). The molecule has 78 valence electrons. The zero-order valence-corrected chi connectivity index (χ0v) is 9.51. The number of rotatable bonds is 3. The number of azide groups is 1. The van der Waals surface area contributed by atoms with E-state index in [9.17, 15) is 0 Å². The zero-order chi connectivity index (χ0) is 11.3. The molecule has 0 aliphatic heterocycles. The van der Waals surface area contributed by atoms with E-state index in [1.165, 1.54) is 11.8 Å². The smallest absolute Gasteiger partial charge is 0.0686 e. The maximum Gasteiger partial charge on any atom is 0.0686 e. The second kappa shape index (κ2) is 5.44. The monoisotopic (exact) mass is 220 g/mol. The van der Waals surface area contributed by atoms with Gasteiger partial charge in [-0.2, -0.15) is 0 Å². The van der Waals surface area contributed by atoms with Gasteiger partial charge in [0.25, 0.3) is 0 Å². The van der Waals surface area contributed by atoms with E-state index in [-0.39, 0.29) is 0 Å². The summed E-state index contributed by atoms with van der Waals surface area (Å²) in [6.45, 7) is 3.90. The van der Waals surface area contributed by atoms with Crippen molar-refractivity contribution in [3.63, 3.8) is 0 Å². The van der Waals surface area contributed by atoms with Crippen LogP contribution in [0.15, 0.2) is 28.2 Å². The molecule has 0 aliphatic carbocycles. The van der Waals surface area contributed by atoms with Crippen molar-refractivity contribution in [2.24, 2.45) is 5.11 Å². The molecule has 1 aromatic rings. The summed E-state index contributed by atoms with van der Waals surface area (Å²) >= 11 is 1.34. The molecule has 0 saturated carbocycles. The average Bonchev–Trinajstić information content (AvgIpc) is 2.22. The normalized spacial score (nSPS) is 9.47. The molecule has 0 fully saturated rings. The highest BCUT2D eigenvalue weighted by molar-refractivity contribution is 8.14. The van der Waals surface area contributed by atoms with Gasteiger partial charge in [-0.15, -0.1) is 0 Å². The Morgan fingerprint density at radius 3 is 2.93 bits per heavy atom. The van der Waals surface area contributed by atoms with Gasteiger partial charge in [-0.25, -0.2) is 0 Å². The number of aryl methyl sites for hydroxylation is 1. The van der Waals surface area contributed by atoms with Crippen molar-refractivity contribution in [2.75, 3.05) is 0 Å². The van der Waals surface area contributed by atoms with Crippen molar-refractivity contribution in [3.05, 3.63) is 34.2 Å². The maximum atomic E-state index is 8.40. The lowest BCUT2D eigenvalue weighted by atomic mass is 10.2. The minimum atomic E-state index is 0.565. The molecular weight excluding hydrogens is 208 g/mol. The second-order valence-electron chi connectivity index (χ2n) is 3.04. The number of benzene rings is 1. The first kappa shape index (κ1) is 11.6. The van der Waals surface area contributed by atoms with Crippen LogP contribution in [0.2, 0.25) is 0 Å². The molecule has 0 saturated heterocycles. The van der Waals surface area contributed by atoms with E-state index in [1.807, 2.05) is 26.0 Å². The third-order valence-electron chi connectivity index (χ3n) is 1.82. The highest BCUT2D eigenvalue weighted by atomic mass is 32.2. The Morgan fingerprint density at radius 2 is 2.33 bits per heavy atom. The molecule has 0 spiro atoms. The predicted octanol–water partition coefficient (Wildman–Crippen LogP) is 4.42. The van der Waals surface area contributed by atoms with Gasteiger partial charge in [0, 0.05) is 9.81 Å². The Hall–Kier alpha value is -1.45. The number of nitrogens with one attached hydrogen (secondary N) is 1. The fourth-order valence-corrected chi connectivity index (χ4v) is 1.91. The molecule has 1 aromatic carbocycles. The van der Waals surface area contributed by atoms with Crippen LogP contribution in [0, 0.1) is 12.3 Å². The summed E-state index contributed by atoms with van der Waals surface area (Å²) in [5.74, 6) is 0. The molecule has 4 nitrogen and oxygen atoms in total. The minimum Gasteiger partial charge on any atom is -0.298 e. The first-order chi connectivity index (χ1) is 7.17. The van der Waals surface area contributed by atoms with Crippen molar-refractivity contribution in [2.45, 2.75) is 25.2 Å². The van der Waals surface area contributed by atoms with Crippen molar-refractivity contribution in [1.82, 2.24) is 0 Å². The summed E-state index contributed by atoms with van der Waals surface area (Å²) in [6.07, 6.45) is 0.689. The van der Waals surface area contributed by atoms with Crippen molar-refractivity contribution >= 4 is 22.5 Å². The summed E-state index contributed by atoms with van der Waals surface area (Å²) in [7, 11) is 0. The molecule has 0 heterocycles. The fourth-order valence-electron chi connectivity index (χ4n) is 1.04. The topological polar surface area (TPSA) is 72.6 Å². The van der Waals surface area contributed by atoms with E-state index in [0.29, 0.717) is 17.2 Å². The highest BCUT2D eigenvalue weighted by Gasteiger charge is 2.04. The summed E-state index contributed by atoms with van der Waals surface area (Å²) in [4.78, 5) is 3.62. The molecule has 0 aliphatic rings. The van der Waals surface area contributed by atoms with Gasteiger partial charge in [-0.05, 0) is 30.5 Å². The largest absolute Gasteiger partial charge is 0.298 e. The SMILES string of the molecule is CCC(=N)Sc1cc(C)ccc1N=[N+]=[N-]. The average molecular weight is 220 g/mol. The third kappa shape index (κ3) is 3.31. The Balaban J connectivity index is 3.06. The van der Waals surface area contributed by atoms with Crippen LogP contribution in [-0.2, 0) is 0 Å². The lowest BCUT2D eigenvalue weighted by Gasteiger charge is -2.05. The molecular formula is C10H12N4S. The van der Waals surface area contributed by atoms with Gasteiger partial charge in [0.2, 0.25) is 0 Å². The quantitative estimate of drug-likeness (QED) is 0.201. The van der Waals surface area contributed by atoms with Gasteiger partial charge in [0.15, 0.2) is 0 Å². The Kier molecular flexibility index (Phi) is 4.21. The van der Waals surface area contributed by atoms with Gasteiger partial charge in [0.05, 0.1) is 10.7 Å². The first-order valence-corrected chi connectivity index (χ1v) is 5.40. The molecule has 0 amide bonds. The van der Waals surface area contributed by atoms with E-state index in [0.717, 1.165) is 10.5 Å². The van der Waals surface area contributed by atoms with Gasteiger partial charge in [-0.1, -0.05) is 35.9 Å². The number of thioether (sulfide) groups is 1. The Labute approximate surface area is 92.8 Å². The van der Waals surface area contributed by atoms with E-state index in [4.69, 9.17) is 10.9 Å². The molecule has 0 unspecified atom stereocenters. The van der Waals surface area contributed by atoms with E-state index in [1.54, 1.807) is 6.07 Å². The lowest BCUT2D eigenvalue weighted by Crippen LogP contribution is -1.86. The molecule has 0 bridgehead atoms. The van der Waals surface area contributed by atoms with Gasteiger partial charge in [-0.3, -0.25) is 5.41 Å². The minimum absolute atomic E-state index is 0.565. The summed E-state index contributed by atoms with van der Waals surface area (Å²) in [5.41, 5.74) is 10.1. The fraction of sp³-hybridized carbons (Fsp3) is 0.300. The van der Waals surface area contributed by atoms with Crippen LogP contribution in [0.25, 0.3) is 10.4 Å². The first-order valence-electron chi connectivity index (χ1n) is 4.58. The van der Waals surface area contributed by atoms with E-state index < -0.39 is 0 Å². The molecule has 5 heteroatoms. The zero-order valence-electron chi connectivity index (χ0n) is 8.69. The molecule has 0 aromatic heterocycles. The van der Waals surface area contributed by atoms with E-state index >= 15 is 0 Å². The van der Waals surface area contributed by atoms with Gasteiger partial charge in [0.1, 0.15) is 0 Å². The van der Waals surface area contributed by atoms with Crippen LogP contribution in [0.3, 0.4) is 0 Å². The van der Waals surface area contributed by atoms with Crippen LogP contribution < -0.4 is 0 Å². The highest BCUT2D eigenvalue weighted by Crippen LogP contribution is 2.31.